The molecule has 118 valence electrons. The molecule has 0 aromatic heterocycles. The molecular formula is C18H31N3. The number of benzene rings is 1. The molecule has 3 nitrogen and oxygen atoms in total. The molecule has 1 N–H and O–H groups in total. The van der Waals surface area contributed by atoms with E-state index in [0.717, 1.165) is 6.54 Å². The van der Waals surface area contributed by atoms with Crippen molar-refractivity contribution < 1.29 is 0 Å². The first-order chi connectivity index (χ1) is 10.2. The van der Waals surface area contributed by atoms with Crippen LogP contribution in [-0.4, -0.2) is 56.6 Å². The summed E-state index contributed by atoms with van der Waals surface area (Å²) in [6.07, 6.45) is 2.77. The molecule has 1 aliphatic rings. The van der Waals surface area contributed by atoms with Crippen LogP contribution in [0.4, 0.5) is 0 Å². The fraction of sp³-hybridized carbons (Fsp3) is 0.667. The van der Waals surface area contributed by atoms with Gasteiger partial charge in [0, 0.05) is 25.7 Å². The molecule has 1 aromatic rings. The van der Waals surface area contributed by atoms with E-state index in [1.807, 2.05) is 0 Å². The van der Waals surface area contributed by atoms with E-state index in [2.05, 4.69) is 66.5 Å². The second-order valence-electron chi connectivity index (χ2n) is 6.47. The minimum absolute atomic E-state index is 0.431. The van der Waals surface area contributed by atoms with E-state index >= 15 is 0 Å². The molecule has 0 bridgehead atoms. The van der Waals surface area contributed by atoms with Gasteiger partial charge < -0.3 is 15.1 Å². The molecule has 0 saturated carbocycles. The average molecular weight is 289 g/mol. The van der Waals surface area contributed by atoms with Crippen molar-refractivity contribution in [2.45, 2.75) is 25.8 Å². The number of likely N-dealkylation sites (N-methyl/N-ethyl adjacent to an activating group) is 1. The summed E-state index contributed by atoms with van der Waals surface area (Å²) >= 11 is 0. The Kier molecular flexibility index (Phi) is 6.68. The van der Waals surface area contributed by atoms with E-state index in [1.165, 1.54) is 44.6 Å². The second kappa shape index (κ2) is 8.52. The van der Waals surface area contributed by atoms with Crippen molar-refractivity contribution in [1.82, 2.24) is 15.1 Å². The van der Waals surface area contributed by atoms with Crippen LogP contribution in [0.3, 0.4) is 0 Å². The first-order valence-corrected chi connectivity index (χ1v) is 8.34. The van der Waals surface area contributed by atoms with Crippen LogP contribution in [0, 0.1) is 5.92 Å². The molecule has 2 unspecified atom stereocenters. The molecule has 0 radical (unpaired) electrons. The summed E-state index contributed by atoms with van der Waals surface area (Å²) in [6, 6.07) is 11.2. The summed E-state index contributed by atoms with van der Waals surface area (Å²) in [6.45, 7) is 8.47. The molecular weight excluding hydrogens is 258 g/mol. The first-order valence-electron chi connectivity index (χ1n) is 8.34. The molecule has 2 atom stereocenters. The van der Waals surface area contributed by atoms with Gasteiger partial charge in [-0.15, -0.1) is 0 Å². The molecule has 1 saturated heterocycles. The van der Waals surface area contributed by atoms with E-state index in [-0.39, 0.29) is 0 Å². The van der Waals surface area contributed by atoms with Crippen LogP contribution >= 0.6 is 0 Å². The predicted molar refractivity (Wildman–Crippen MR) is 90.6 cm³/mol. The summed E-state index contributed by atoms with van der Waals surface area (Å²) in [5.74, 6) is 0.598. The van der Waals surface area contributed by atoms with Gasteiger partial charge in [-0.3, -0.25) is 0 Å². The maximum absolute atomic E-state index is 3.48. The largest absolute Gasteiger partial charge is 0.313 e. The minimum atomic E-state index is 0.431. The zero-order valence-electron chi connectivity index (χ0n) is 13.9. The lowest BCUT2D eigenvalue weighted by atomic mass is 9.94. The highest BCUT2D eigenvalue weighted by Crippen LogP contribution is 2.22. The maximum atomic E-state index is 3.48. The van der Waals surface area contributed by atoms with Crippen LogP contribution in [0.15, 0.2) is 30.3 Å². The molecule has 1 aliphatic heterocycles. The summed E-state index contributed by atoms with van der Waals surface area (Å²) in [7, 11) is 4.32. The van der Waals surface area contributed by atoms with E-state index in [0.29, 0.717) is 12.0 Å². The van der Waals surface area contributed by atoms with E-state index in [4.69, 9.17) is 0 Å². The van der Waals surface area contributed by atoms with E-state index < -0.39 is 0 Å². The van der Waals surface area contributed by atoms with Crippen molar-refractivity contribution in [1.29, 1.82) is 0 Å². The van der Waals surface area contributed by atoms with E-state index in [9.17, 15) is 0 Å². The van der Waals surface area contributed by atoms with Gasteiger partial charge in [-0.25, -0.2) is 0 Å². The second-order valence-corrected chi connectivity index (χ2v) is 6.47. The summed E-state index contributed by atoms with van der Waals surface area (Å²) in [5, 5.41) is 3.48. The smallest absolute Gasteiger partial charge is 0.0355 e. The topological polar surface area (TPSA) is 18.5 Å². The first kappa shape index (κ1) is 16.5. The molecule has 1 aromatic carbocycles. The molecule has 1 fully saturated rings. The highest BCUT2D eigenvalue weighted by Gasteiger charge is 2.19. The number of hydrogen-bond donors (Lipinski definition) is 1. The summed E-state index contributed by atoms with van der Waals surface area (Å²) in [5.41, 5.74) is 1.39. The Morgan fingerprint density at radius 2 is 1.86 bits per heavy atom. The average Bonchev–Trinajstić information content (AvgIpc) is 3.00. The fourth-order valence-electron chi connectivity index (χ4n) is 3.45. The van der Waals surface area contributed by atoms with E-state index in [1.54, 1.807) is 0 Å². The lowest BCUT2D eigenvalue weighted by Crippen LogP contribution is -2.37. The van der Waals surface area contributed by atoms with Gasteiger partial charge in [0.05, 0.1) is 0 Å². The molecule has 0 amide bonds. The minimum Gasteiger partial charge on any atom is -0.313 e. The Balaban J connectivity index is 1.79. The van der Waals surface area contributed by atoms with Gasteiger partial charge in [-0.05, 0) is 51.5 Å². The number of rotatable bonds is 8. The van der Waals surface area contributed by atoms with Crippen LogP contribution in [-0.2, 0) is 0 Å². The van der Waals surface area contributed by atoms with Crippen LogP contribution < -0.4 is 5.32 Å². The van der Waals surface area contributed by atoms with Crippen molar-refractivity contribution in [3.05, 3.63) is 35.9 Å². The summed E-state index contributed by atoms with van der Waals surface area (Å²) < 4.78 is 0. The van der Waals surface area contributed by atoms with Crippen LogP contribution in [0.5, 0.6) is 0 Å². The van der Waals surface area contributed by atoms with Gasteiger partial charge in [0.25, 0.3) is 0 Å². The zero-order chi connectivity index (χ0) is 15.1. The molecule has 0 aliphatic carbocycles. The Bertz CT molecular complexity index is 387. The Hall–Kier alpha value is -0.900. The van der Waals surface area contributed by atoms with Crippen molar-refractivity contribution >= 4 is 0 Å². The number of nitrogens with zero attached hydrogens (tertiary/aromatic N) is 2. The van der Waals surface area contributed by atoms with Crippen molar-refractivity contribution in [2.75, 3.05) is 46.8 Å². The van der Waals surface area contributed by atoms with Gasteiger partial charge in [-0.1, -0.05) is 37.3 Å². The lowest BCUT2D eigenvalue weighted by Gasteiger charge is -2.29. The zero-order valence-corrected chi connectivity index (χ0v) is 13.9. The molecule has 3 heteroatoms. The fourth-order valence-corrected chi connectivity index (χ4v) is 3.45. The van der Waals surface area contributed by atoms with Gasteiger partial charge in [-0.2, -0.15) is 0 Å². The normalized spacial score (nSPS) is 19.0. The Morgan fingerprint density at radius 3 is 2.48 bits per heavy atom. The standard InChI is InChI=1S/C18H31N3/c1-16(18(19-2)17-9-5-4-6-10-17)15-20(3)13-14-21-11-7-8-12-21/h4-6,9-10,16,18-19H,7-8,11-15H2,1-3H3. The predicted octanol–water partition coefficient (Wildman–Crippen LogP) is 2.61. The molecule has 2 rings (SSSR count). The number of likely N-dealkylation sites (tertiary alicyclic amines) is 1. The third-order valence-electron chi connectivity index (χ3n) is 4.64. The third kappa shape index (κ3) is 5.10. The molecule has 21 heavy (non-hydrogen) atoms. The van der Waals surface area contributed by atoms with Gasteiger partial charge in [0.2, 0.25) is 0 Å². The highest BCUT2D eigenvalue weighted by atomic mass is 15.2. The van der Waals surface area contributed by atoms with Gasteiger partial charge in [0.15, 0.2) is 0 Å². The molecule has 0 spiro atoms. The SMILES string of the molecule is CNC(c1ccccc1)C(C)CN(C)CCN1CCCC1. The monoisotopic (exact) mass is 289 g/mol. The van der Waals surface area contributed by atoms with Gasteiger partial charge >= 0.3 is 0 Å². The van der Waals surface area contributed by atoms with Crippen LogP contribution in [0.25, 0.3) is 0 Å². The summed E-state index contributed by atoms with van der Waals surface area (Å²) in [4.78, 5) is 5.07. The highest BCUT2D eigenvalue weighted by molar-refractivity contribution is 5.19. The molecule has 1 heterocycles. The number of nitrogens with one attached hydrogen (secondary N) is 1. The quantitative estimate of drug-likeness (QED) is 0.793. The van der Waals surface area contributed by atoms with Crippen LogP contribution in [0.1, 0.15) is 31.4 Å². The number of hydrogen-bond acceptors (Lipinski definition) is 3. The van der Waals surface area contributed by atoms with Crippen molar-refractivity contribution in [3.8, 4) is 0 Å². The Morgan fingerprint density at radius 1 is 1.19 bits per heavy atom. The van der Waals surface area contributed by atoms with Crippen LogP contribution in [0.2, 0.25) is 0 Å². The van der Waals surface area contributed by atoms with Crippen molar-refractivity contribution in [2.24, 2.45) is 5.92 Å². The van der Waals surface area contributed by atoms with Crippen molar-refractivity contribution in [3.63, 3.8) is 0 Å². The Labute approximate surface area is 130 Å². The van der Waals surface area contributed by atoms with Gasteiger partial charge in [0.1, 0.15) is 0 Å². The lowest BCUT2D eigenvalue weighted by molar-refractivity contribution is 0.218. The maximum Gasteiger partial charge on any atom is 0.0355 e. The third-order valence-corrected chi connectivity index (χ3v) is 4.64.